The molecule has 2 N–H and O–H groups in total. The fourth-order valence-corrected chi connectivity index (χ4v) is 3.47. The van der Waals surface area contributed by atoms with Gasteiger partial charge in [0.15, 0.2) is 0 Å². The van der Waals surface area contributed by atoms with Crippen molar-refractivity contribution < 1.29 is 23.8 Å². The molecule has 0 saturated carbocycles. The molecule has 1 aliphatic heterocycles. The minimum atomic E-state index is -0.288. The highest BCUT2D eigenvalue weighted by atomic mass is 16.5. The number of hydrogen-bond acceptors (Lipinski definition) is 6. The molecule has 3 rings (SSSR count). The average molecular weight is 454 g/mol. The Kier molecular flexibility index (Phi) is 8.71. The Morgan fingerprint density at radius 1 is 1.00 bits per heavy atom. The maximum atomic E-state index is 12.6. The summed E-state index contributed by atoms with van der Waals surface area (Å²) in [6.45, 7) is 9.11. The van der Waals surface area contributed by atoms with Gasteiger partial charge in [0.2, 0.25) is 11.8 Å². The summed E-state index contributed by atoms with van der Waals surface area (Å²) in [7, 11) is 0. The van der Waals surface area contributed by atoms with Crippen molar-refractivity contribution in [3.8, 4) is 11.5 Å². The van der Waals surface area contributed by atoms with Gasteiger partial charge in [0.1, 0.15) is 11.5 Å². The Labute approximate surface area is 194 Å². The molecule has 8 heteroatoms. The summed E-state index contributed by atoms with van der Waals surface area (Å²) in [5.41, 5.74) is 3.01. The predicted octanol–water partition coefficient (Wildman–Crippen LogP) is 3.93. The molecule has 1 fully saturated rings. The maximum absolute atomic E-state index is 12.6. The van der Waals surface area contributed by atoms with Crippen LogP contribution in [0.15, 0.2) is 42.5 Å². The van der Waals surface area contributed by atoms with E-state index in [0.717, 1.165) is 24.3 Å². The van der Waals surface area contributed by atoms with Crippen LogP contribution in [0.5, 0.6) is 11.5 Å². The number of nitrogens with one attached hydrogen (secondary N) is 2. The smallest absolute Gasteiger partial charge is 0.248 e. The zero-order valence-electron chi connectivity index (χ0n) is 19.3. The minimum Gasteiger partial charge on any atom is -0.492 e. The predicted molar refractivity (Wildman–Crippen MR) is 130 cm³/mol. The van der Waals surface area contributed by atoms with Crippen LogP contribution < -0.4 is 25.0 Å². The lowest BCUT2D eigenvalue weighted by molar-refractivity contribution is -0.114. The van der Waals surface area contributed by atoms with E-state index in [2.05, 4.69) is 15.5 Å². The van der Waals surface area contributed by atoms with Crippen molar-refractivity contribution in [2.24, 2.45) is 0 Å². The van der Waals surface area contributed by atoms with Crippen LogP contribution in [0.25, 0.3) is 6.08 Å². The molecular formula is C25H31N3O5. The summed E-state index contributed by atoms with van der Waals surface area (Å²) in [5.74, 6) is 0.858. The third-order valence-corrected chi connectivity index (χ3v) is 4.93. The molecular weight excluding hydrogens is 422 g/mol. The van der Waals surface area contributed by atoms with Crippen molar-refractivity contribution >= 4 is 35.0 Å². The minimum absolute atomic E-state index is 0.131. The monoisotopic (exact) mass is 453 g/mol. The Balaban J connectivity index is 1.77. The van der Waals surface area contributed by atoms with Crippen LogP contribution in [0.4, 0.5) is 17.1 Å². The van der Waals surface area contributed by atoms with Gasteiger partial charge in [-0.3, -0.25) is 9.59 Å². The normalized spacial score (nSPS) is 13.6. The highest BCUT2D eigenvalue weighted by molar-refractivity contribution is 6.03. The van der Waals surface area contributed by atoms with Crippen LogP contribution in [0.2, 0.25) is 0 Å². The molecule has 0 atom stereocenters. The third-order valence-electron chi connectivity index (χ3n) is 4.93. The molecule has 0 aliphatic carbocycles. The van der Waals surface area contributed by atoms with Crippen LogP contribution >= 0.6 is 0 Å². The Morgan fingerprint density at radius 3 is 2.30 bits per heavy atom. The topological polar surface area (TPSA) is 89.1 Å². The van der Waals surface area contributed by atoms with E-state index in [1.807, 2.05) is 38.1 Å². The second kappa shape index (κ2) is 11.9. The van der Waals surface area contributed by atoms with E-state index >= 15 is 0 Å². The highest BCUT2D eigenvalue weighted by Crippen LogP contribution is 2.39. The Bertz CT molecular complexity index is 982. The number of carbonyl (C=O) groups excluding carboxylic acids is 2. The molecule has 2 aromatic carbocycles. The summed E-state index contributed by atoms with van der Waals surface area (Å²) in [4.78, 5) is 26.0. The second-order valence-corrected chi connectivity index (χ2v) is 7.41. The molecule has 1 heterocycles. The van der Waals surface area contributed by atoms with Crippen LogP contribution in [-0.4, -0.2) is 51.3 Å². The summed E-state index contributed by atoms with van der Waals surface area (Å²) in [6.07, 6.45) is 3.16. The zero-order chi connectivity index (χ0) is 23.6. The van der Waals surface area contributed by atoms with Gasteiger partial charge in [0.05, 0.1) is 37.8 Å². The number of hydrogen-bond donors (Lipinski definition) is 2. The number of ether oxygens (including phenoxy) is 3. The number of amides is 2. The van der Waals surface area contributed by atoms with Gasteiger partial charge in [-0.15, -0.1) is 0 Å². The first-order chi connectivity index (χ1) is 16.0. The van der Waals surface area contributed by atoms with Gasteiger partial charge in [-0.1, -0.05) is 12.1 Å². The van der Waals surface area contributed by atoms with E-state index in [-0.39, 0.29) is 11.8 Å². The summed E-state index contributed by atoms with van der Waals surface area (Å²) >= 11 is 0. The number of anilines is 3. The number of benzene rings is 2. The van der Waals surface area contributed by atoms with Gasteiger partial charge in [0.25, 0.3) is 0 Å². The largest absolute Gasteiger partial charge is 0.492 e. The number of carbonyl (C=O) groups is 2. The van der Waals surface area contributed by atoms with E-state index in [1.165, 1.54) is 13.0 Å². The number of nitrogens with zero attached hydrogens (tertiary/aromatic N) is 1. The first-order valence-electron chi connectivity index (χ1n) is 11.1. The van der Waals surface area contributed by atoms with E-state index in [4.69, 9.17) is 14.2 Å². The van der Waals surface area contributed by atoms with Crippen molar-refractivity contribution in [1.82, 2.24) is 0 Å². The number of rotatable bonds is 9. The van der Waals surface area contributed by atoms with Gasteiger partial charge >= 0.3 is 0 Å². The molecule has 2 aromatic rings. The van der Waals surface area contributed by atoms with Gasteiger partial charge in [-0.2, -0.15) is 0 Å². The van der Waals surface area contributed by atoms with E-state index in [9.17, 15) is 9.59 Å². The molecule has 8 nitrogen and oxygen atoms in total. The number of morpholine rings is 1. The second-order valence-electron chi connectivity index (χ2n) is 7.41. The van der Waals surface area contributed by atoms with Crippen molar-refractivity contribution in [1.29, 1.82) is 0 Å². The van der Waals surface area contributed by atoms with Crippen LogP contribution in [0.3, 0.4) is 0 Å². The Morgan fingerprint density at radius 2 is 1.67 bits per heavy atom. The molecule has 0 spiro atoms. The molecule has 0 unspecified atom stereocenters. The summed E-state index contributed by atoms with van der Waals surface area (Å²) in [5, 5.41) is 5.61. The fraction of sp³-hybridized carbons (Fsp3) is 0.360. The molecule has 1 saturated heterocycles. The standard InChI is InChI=1S/C25H31N3O5/c1-4-32-23-17-22(28-12-14-31-15-13-28)24(33-5-2)16-21(23)27-25(30)11-8-19-6-9-20(10-7-19)26-18(3)29/h6-11,16-17H,4-5,12-15H2,1-3H3,(H,26,29)(H,27,30)/b11-8+. The first-order valence-corrected chi connectivity index (χ1v) is 11.1. The first kappa shape index (κ1) is 24.1. The van der Waals surface area contributed by atoms with Gasteiger partial charge in [0, 0.05) is 43.9 Å². The van der Waals surface area contributed by atoms with Crippen LogP contribution in [0, 0.1) is 0 Å². The van der Waals surface area contributed by atoms with Crippen molar-refractivity contribution in [2.75, 3.05) is 55.1 Å². The lowest BCUT2D eigenvalue weighted by Gasteiger charge is -2.31. The third kappa shape index (κ3) is 6.98. The molecule has 2 amide bonds. The molecule has 1 aliphatic rings. The van der Waals surface area contributed by atoms with Gasteiger partial charge in [-0.05, 0) is 37.6 Å². The molecule has 0 bridgehead atoms. The lowest BCUT2D eigenvalue weighted by atomic mass is 10.2. The van der Waals surface area contributed by atoms with Crippen LogP contribution in [0.1, 0.15) is 26.3 Å². The maximum Gasteiger partial charge on any atom is 0.248 e. The lowest BCUT2D eigenvalue weighted by Crippen LogP contribution is -2.36. The van der Waals surface area contributed by atoms with Crippen molar-refractivity contribution in [3.05, 3.63) is 48.0 Å². The zero-order valence-corrected chi connectivity index (χ0v) is 19.3. The summed E-state index contributed by atoms with van der Waals surface area (Å²) < 4.78 is 17.2. The van der Waals surface area contributed by atoms with Gasteiger partial charge in [-0.25, -0.2) is 0 Å². The molecule has 0 radical (unpaired) electrons. The van der Waals surface area contributed by atoms with Crippen molar-refractivity contribution in [3.63, 3.8) is 0 Å². The molecule has 0 aromatic heterocycles. The SMILES string of the molecule is CCOc1cc(N2CCOCC2)c(OCC)cc1NC(=O)/C=C/c1ccc(NC(C)=O)cc1. The van der Waals surface area contributed by atoms with E-state index in [1.54, 1.807) is 18.2 Å². The summed E-state index contributed by atoms with van der Waals surface area (Å²) in [6, 6.07) is 10.9. The fourth-order valence-electron chi connectivity index (χ4n) is 3.47. The van der Waals surface area contributed by atoms with Crippen molar-refractivity contribution in [2.45, 2.75) is 20.8 Å². The molecule has 176 valence electrons. The quantitative estimate of drug-likeness (QED) is 0.560. The molecule has 33 heavy (non-hydrogen) atoms. The average Bonchev–Trinajstić information content (AvgIpc) is 2.80. The highest BCUT2D eigenvalue weighted by Gasteiger charge is 2.20. The Hall–Kier alpha value is -3.52. The van der Waals surface area contributed by atoms with E-state index < -0.39 is 0 Å². The van der Waals surface area contributed by atoms with Crippen LogP contribution in [-0.2, 0) is 14.3 Å². The van der Waals surface area contributed by atoms with E-state index in [0.29, 0.717) is 49.3 Å². The van der Waals surface area contributed by atoms with Gasteiger partial charge < -0.3 is 29.7 Å².